The number of hydrogen-bond acceptors (Lipinski definition) is 3. The summed E-state index contributed by atoms with van der Waals surface area (Å²) >= 11 is 0. The number of aromatic amines is 1. The number of pyridine rings is 1. The number of carbonyl (C=O) groups excluding carboxylic acids is 1. The van der Waals surface area contributed by atoms with Gasteiger partial charge in [-0.1, -0.05) is 32.9 Å². The summed E-state index contributed by atoms with van der Waals surface area (Å²) < 4.78 is 0. The van der Waals surface area contributed by atoms with Crippen LogP contribution in [0.15, 0.2) is 42.6 Å². The maximum absolute atomic E-state index is 12.3. The van der Waals surface area contributed by atoms with Gasteiger partial charge >= 0.3 is 0 Å². The van der Waals surface area contributed by atoms with E-state index in [4.69, 9.17) is 5.73 Å². The van der Waals surface area contributed by atoms with Gasteiger partial charge in [0.05, 0.1) is 6.04 Å². The highest BCUT2D eigenvalue weighted by molar-refractivity contribution is 5.96. The van der Waals surface area contributed by atoms with Crippen molar-refractivity contribution in [3.63, 3.8) is 0 Å². The Hall–Kier alpha value is -2.66. The summed E-state index contributed by atoms with van der Waals surface area (Å²) in [5, 5.41) is 4.05. The number of nitrogens with two attached hydrogens (primary N) is 1. The standard InChI is InChI=1S/C22H26N4O/c1-22(2,3)19(23)21(27)25-15-8-6-13(7-9-15)16-10-11-24-20-17(16)12-18(26-20)14-4-5-14/h6-12,14,19H,4-5,23H2,1-3H3,(H,24,26)(H,25,27)/t19-/m0/s1. The van der Waals surface area contributed by atoms with Gasteiger partial charge in [-0.25, -0.2) is 4.98 Å². The van der Waals surface area contributed by atoms with Gasteiger partial charge in [0, 0.05) is 23.0 Å². The van der Waals surface area contributed by atoms with Gasteiger partial charge in [-0.05, 0) is 59.6 Å². The molecule has 0 saturated heterocycles. The Kier molecular flexibility index (Phi) is 4.27. The third-order valence-electron chi connectivity index (χ3n) is 5.25. The van der Waals surface area contributed by atoms with Crippen molar-refractivity contribution in [1.29, 1.82) is 0 Å². The van der Waals surface area contributed by atoms with Gasteiger partial charge in [-0.2, -0.15) is 0 Å². The molecule has 1 fully saturated rings. The Balaban J connectivity index is 1.57. The van der Waals surface area contributed by atoms with E-state index < -0.39 is 6.04 Å². The van der Waals surface area contributed by atoms with Crippen LogP contribution in [0.25, 0.3) is 22.2 Å². The molecule has 2 heterocycles. The van der Waals surface area contributed by atoms with Crippen LogP contribution < -0.4 is 11.1 Å². The van der Waals surface area contributed by atoms with Crippen LogP contribution in [0.1, 0.15) is 45.2 Å². The molecule has 5 heteroatoms. The van der Waals surface area contributed by atoms with Crippen molar-refractivity contribution in [1.82, 2.24) is 9.97 Å². The topological polar surface area (TPSA) is 83.8 Å². The molecule has 0 spiro atoms. The molecule has 0 unspecified atom stereocenters. The summed E-state index contributed by atoms with van der Waals surface area (Å²) in [4.78, 5) is 20.2. The Morgan fingerprint density at radius 2 is 1.93 bits per heavy atom. The molecule has 2 aromatic heterocycles. The van der Waals surface area contributed by atoms with Gasteiger partial charge in [0.25, 0.3) is 0 Å². The Labute approximate surface area is 159 Å². The molecular formula is C22H26N4O. The fraction of sp³-hybridized carbons (Fsp3) is 0.364. The number of amides is 1. The lowest BCUT2D eigenvalue weighted by Gasteiger charge is -2.25. The monoisotopic (exact) mass is 362 g/mol. The summed E-state index contributed by atoms with van der Waals surface area (Å²) in [6, 6.07) is 11.6. The van der Waals surface area contributed by atoms with Crippen LogP contribution in [0.4, 0.5) is 5.69 Å². The van der Waals surface area contributed by atoms with E-state index >= 15 is 0 Å². The average molecular weight is 362 g/mol. The second-order valence-corrected chi connectivity index (χ2v) is 8.53. The van der Waals surface area contributed by atoms with Crippen molar-refractivity contribution in [2.24, 2.45) is 11.1 Å². The van der Waals surface area contributed by atoms with E-state index in [9.17, 15) is 4.79 Å². The van der Waals surface area contributed by atoms with E-state index in [2.05, 4.69) is 21.4 Å². The van der Waals surface area contributed by atoms with E-state index in [1.165, 1.54) is 18.5 Å². The highest BCUT2D eigenvalue weighted by Gasteiger charge is 2.27. The second-order valence-electron chi connectivity index (χ2n) is 8.53. The Morgan fingerprint density at radius 3 is 2.56 bits per heavy atom. The van der Waals surface area contributed by atoms with Gasteiger partial charge in [0.15, 0.2) is 0 Å². The van der Waals surface area contributed by atoms with Crippen LogP contribution in [0.5, 0.6) is 0 Å². The van der Waals surface area contributed by atoms with Crippen molar-refractivity contribution < 1.29 is 4.79 Å². The fourth-order valence-corrected chi connectivity index (χ4v) is 3.26. The summed E-state index contributed by atoms with van der Waals surface area (Å²) in [6.07, 6.45) is 4.35. The predicted molar refractivity (Wildman–Crippen MR) is 110 cm³/mol. The van der Waals surface area contributed by atoms with E-state index in [0.717, 1.165) is 27.8 Å². The van der Waals surface area contributed by atoms with Crippen molar-refractivity contribution in [3.8, 4) is 11.1 Å². The summed E-state index contributed by atoms with van der Waals surface area (Å²) in [5.74, 6) is 0.498. The molecular weight excluding hydrogens is 336 g/mol. The maximum Gasteiger partial charge on any atom is 0.241 e. The van der Waals surface area contributed by atoms with Gasteiger partial charge < -0.3 is 16.0 Å². The highest BCUT2D eigenvalue weighted by Crippen LogP contribution is 2.41. The van der Waals surface area contributed by atoms with Gasteiger partial charge in [-0.15, -0.1) is 0 Å². The second kappa shape index (κ2) is 6.50. The van der Waals surface area contributed by atoms with Crippen LogP contribution in [0.2, 0.25) is 0 Å². The SMILES string of the molecule is CC(C)(C)[C@@H](N)C(=O)Nc1ccc(-c2ccnc3[nH]c(C4CC4)cc23)cc1. The van der Waals surface area contributed by atoms with Gasteiger partial charge in [0.2, 0.25) is 5.91 Å². The summed E-state index contributed by atoms with van der Waals surface area (Å²) in [6.45, 7) is 5.88. The number of anilines is 1. The molecule has 0 radical (unpaired) electrons. The minimum Gasteiger partial charge on any atom is -0.343 e. The van der Waals surface area contributed by atoms with Crippen molar-refractivity contribution in [2.45, 2.75) is 45.6 Å². The molecule has 4 N–H and O–H groups in total. The minimum atomic E-state index is -0.558. The van der Waals surface area contributed by atoms with Crippen LogP contribution in [0.3, 0.4) is 0 Å². The third-order valence-corrected chi connectivity index (χ3v) is 5.25. The molecule has 140 valence electrons. The summed E-state index contributed by atoms with van der Waals surface area (Å²) in [7, 11) is 0. The third kappa shape index (κ3) is 3.60. The average Bonchev–Trinajstić information content (AvgIpc) is 3.39. The van der Waals surface area contributed by atoms with E-state index in [0.29, 0.717) is 5.92 Å². The number of nitrogens with zero attached hydrogens (tertiary/aromatic N) is 1. The number of nitrogens with one attached hydrogen (secondary N) is 2. The largest absolute Gasteiger partial charge is 0.343 e. The summed E-state index contributed by atoms with van der Waals surface area (Å²) in [5.41, 5.74) is 11.0. The van der Waals surface area contributed by atoms with Gasteiger partial charge in [0.1, 0.15) is 5.65 Å². The minimum absolute atomic E-state index is 0.165. The molecule has 1 aliphatic carbocycles. The van der Waals surface area contributed by atoms with Crippen LogP contribution in [0, 0.1) is 5.41 Å². The van der Waals surface area contributed by atoms with Gasteiger partial charge in [-0.3, -0.25) is 4.79 Å². The molecule has 1 amide bonds. The van der Waals surface area contributed by atoms with E-state index in [1.807, 2.05) is 57.3 Å². The highest BCUT2D eigenvalue weighted by atomic mass is 16.2. The number of benzene rings is 1. The van der Waals surface area contributed by atoms with Crippen molar-refractivity contribution >= 4 is 22.6 Å². The lowest BCUT2D eigenvalue weighted by molar-refractivity contribution is -0.119. The normalized spacial score (nSPS) is 15.7. The lowest BCUT2D eigenvalue weighted by atomic mass is 9.87. The fourth-order valence-electron chi connectivity index (χ4n) is 3.26. The first-order valence-electron chi connectivity index (χ1n) is 9.47. The van der Waals surface area contributed by atoms with Crippen LogP contribution >= 0.6 is 0 Å². The van der Waals surface area contributed by atoms with E-state index in [-0.39, 0.29) is 11.3 Å². The molecule has 1 aliphatic rings. The van der Waals surface area contributed by atoms with Crippen molar-refractivity contribution in [3.05, 3.63) is 48.3 Å². The first kappa shape index (κ1) is 17.7. The smallest absolute Gasteiger partial charge is 0.241 e. The number of fused-ring (bicyclic) bond motifs is 1. The van der Waals surface area contributed by atoms with Crippen LogP contribution in [-0.2, 0) is 4.79 Å². The molecule has 1 saturated carbocycles. The molecule has 3 aromatic rings. The molecule has 0 bridgehead atoms. The zero-order valence-corrected chi connectivity index (χ0v) is 16.0. The zero-order valence-electron chi connectivity index (χ0n) is 16.0. The predicted octanol–water partition coefficient (Wildman–Crippen LogP) is 4.42. The number of carbonyl (C=O) groups is 1. The zero-order chi connectivity index (χ0) is 19.2. The molecule has 27 heavy (non-hydrogen) atoms. The molecule has 4 rings (SSSR count). The Morgan fingerprint density at radius 1 is 1.22 bits per heavy atom. The Bertz CT molecular complexity index is 978. The molecule has 1 aromatic carbocycles. The molecule has 0 aliphatic heterocycles. The van der Waals surface area contributed by atoms with E-state index in [1.54, 1.807) is 0 Å². The maximum atomic E-state index is 12.3. The quantitative estimate of drug-likeness (QED) is 0.642. The first-order valence-corrected chi connectivity index (χ1v) is 9.47. The molecule has 1 atom stereocenters. The van der Waals surface area contributed by atoms with Crippen LogP contribution in [-0.4, -0.2) is 21.9 Å². The van der Waals surface area contributed by atoms with Crippen molar-refractivity contribution in [2.75, 3.05) is 5.32 Å². The number of aromatic nitrogens is 2. The lowest BCUT2D eigenvalue weighted by Crippen LogP contribution is -2.45. The molecule has 5 nitrogen and oxygen atoms in total. The first-order chi connectivity index (χ1) is 12.8. The number of rotatable bonds is 4. The number of H-pyrrole nitrogens is 1. The number of hydrogen-bond donors (Lipinski definition) is 3.